The molecule has 260 valence electrons. The van der Waals surface area contributed by atoms with Crippen LogP contribution in [0.15, 0.2) is 53.3 Å². The first-order chi connectivity index (χ1) is 23.9. The van der Waals surface area contributed by atoms with Gasteiger partial charge in [-0.15, -0.1) is 0 Å². The molecule has 1 saturated carbocycles. The summed E-state index contributed by atoms with van der Waals surface area (Å²) in [5.41, 5.74) is -4.49. The Kier molecular flexibility index (Phi) is 7.78. The summed E-state index contributed by atoms with van der Waals surface area (Å²) in [7, 11) is 0. The van der Waals surface area contributed by atoms with Gasteiger partial charge in [0.15, 0.2) is 5.54 Å². The molecule has 11 nitrogen and oxygen atoms in total. The van der Waals surface area contributed by atoms with Gasteiger partial charge in [0, 0.05) is 26.7 Å². The van der Waals surface area contributed by atoms with Crippen molar-refractivity contribution >= 4 is 58.0 Å². The number of aromatic nitrogens is 2. The Hall–Kier alpha value is -4.90. The van der Waals surface area contributed by atoms with Gasteiger partial charge in [0.1, 0.15) is 11.3 Å². The van der Waals surface area contributed by atoms with Crippen LogP contribution in [-0.4, -0.2) is 59.4 Å². The van der Waals surface area contributed by atoms with Crippen LogP contribution in [0.4, 0.5) is 0 Å². The van der Waals surface area contributed by atoms with Crippen LogP contribution in [-0.2, 0) is 43.7 Å². The second kappa shape index (κ2) is 11.6. The number of fused-ring (bicyclic) bond motifs is 6. The molecule has 0 unspecified atom stereocenters. The highest BCUT2D eigenvalue weighted by Crippen LogP contribution is 2.73. The summed E-state index contributed by atoms with van der Waals surface area (Å²) in [6, 6.07) is 13.9. The number of para-hydroxylation sites is 1. The van der Waals surface area contributed by atoms with Crippen LogP contribution in [0.2, 0.25) is 5.02 Å². The average Bonchev–Trinajstić information content (AvgIpc) is 3.47. The second-order valence-electron chi connectivity index (χ2n) is 13.2. The number of ether oxygens (including phenoxy) is 4. The Morgan fingerprint density at radius 1 is 0.760 bits per heavy atom. The van der Waals surface area contributed by atoms with E-state index in [1.54, 1.807) is 85.4 Å². The van der Waals surface area contributed by atoms with Gasteiger partial charge in [0.05, 0.1) is 53.8 Å². The topological polar surface area (TPSA) is 132 Å². The SMILES string of the molecule is CCOC(=O)[C@H]1[C@H](C(=O)OCC)[C@]2(C(=O)OCC)n3c4c5c(n(-c6ccc(Cl)cc6)c(=O)c=5c5ccccc53)=CC(C)(C)C=4[C@]12C(=O)OCC. The van der Waals surface area contributed by atoms with Crippen molar-refractivity contribution in [3.8, 4) is 5.69 Å². The maximum Gasteiger partial charge on any atom is 0.334 e. The van der Waals surface area contributed by atoms with Crippen LogP contribution >= 0.6 is 11.6 Å². The fraction of sp³-hybridized carbons (Fsp3) is 0.395. The second-order valence-corrected chi connectivity index (χ2v) is 13.6. The molecule has 1 fully saturated rings. The van der Waals surface area contributed by atoms with Gasteiger partial charge in [0.2, 0.25) is 0 Å². The third kappa shape index (κ3) is 3.89. The summed E-state index contributed by atoms with van der Waals surface area (Å²) in [4.78, 5) is 73.3. The summed E-state index contributed by atoms with van der Waals surface area (Å²) < 4.78 is 26.1. The molecule has 0 spiro atoms. The molecular formula is C38H37ClN2O9. The van der Waals surface area contributed by atoms with Crippen LogP contribution in [0.1, 0.15) is 41.5 Å². The molecule has 0 aromatic heterocycles. The van der Waals surface area contributed by atoms with Gasteiger partial charge >= 0.3 is 23.9 Å². The van der Waals surface area contributed by atoms with E-state index >= 15 is 9.59 Å². The van der Waals surface area contributed by atoms with Crippen LogP contribution < -0.4 is 16.3 Å². The van der Waals surface area contributed by atoms with Gasteiger partial charge in [-0.25, -0.2) is 4.79 Å². The average molecular weight is 701 g/mol. The number of carbonyl (C=O) groups is 4. The quantitative estimate of drug-likeness (QED) is 0.191. The number of carbonyl (C=O) groups excluding carboxylic acids is 4. The summed E-state index contributed by atoms with van der Waals surface area (Å²) in [6.45, 7) is 9.89. The number of hydrogen-bond donors (Lipinski definition) is 0. The summed E-state index contributed by atoms with van der Waals surface area (Å²) in [6.07, 6.45) is 1.87. The zero-order valence-corrected chi connectivity index (χ0v) is 29.4. The van der Waals surface area contributed by atoms with Crippen LogP contribution in [0, 0.1) is 33.1 Å². The molecule has 50 heavy (non-hydrogen) atoms. The minimum atomic E-state index is -2.20. The molecule has 0 saturated heterocycles. The van der Waals surface area contributed by atoms with Crippen LogP contribution in [0.25, 0.3) is 28.2 Å². The molecule has 3 aliphatic heterocycles. The van der Waals surface area contributed by atoms with E-state index in [0.717, 1.165) is 0 Å². The number of benzene rings is 2. The first-order valence-corrected chi connectivity index (χ1v) is 17.2. The molecule has 7 rings (SSSR count). The summed E-state index contributed by atoms with van der Waals surface area (Å²) in [5, 5.41) is 2.67. The first kappa shape index (κ1) is 33.6. The fourth-order valence-corrected chi connectivity index (χ4v) is 9.17. The van der Waals surface area contributed by atoms with Crippen molar-refractivity contribution in [2.75, 3.05) is 26.4 Å². The highest BCUT2D eigenvalue weighted by atomic mass is 35.5. The standard InChI is InChI=1S/C38H37ClN2O9/c1-7-47-32(43)27-28(33(44)48-8-2)38(35(46)50-10-4)37(27,34(45)49-9-3)30-29-26-24(19-36(30,5)6)40(21-17-15-20(39)16-18-21)31(42)25(26)22-13-11-12-14-23(22)41(29)38/h11-19,27-28H,7-10H2,1-6H3/t27-,28-,37+,38-/m1/s1. The van der Waals surface area contributed by atoms with Gasteiger partial charge in [-0.2, -0.15) is 0 Å². The van der Waals surface area contributed by atoms with Gasteiger partial charge in [-0.05, 0) is 69.7 Å². The van der Waals surface area contributed by atoms with E-state index in [-0.39, 0.29) is 32.0 Å². The third-order valence-corrected chi connectivity index (χ3v) is 10.6. The van der Waals surface area contributed by atoms with E-state index in [4.69, 9.17) is 30.5 Å². The van der Waals surface area contributed by atoms with E-state index < -0.39 is 52.1 Å². The van der Waals surface area contributed by atoms with Crippen molar-refractivity contribution in [1.82, 2.24) is 9.13 Å². The zero-order valence-electron chi connectivity index (χ0n) is 28.6. The maximum atomic E-state index is 15.0. The third-order valence-electron chi connectivity index (χ3n) is 10.4. The maximum absolute atomic E-state index is 15.0. The number of esters is 4. The van der Waals surface area contributed by atoms with Crippen LogP contribution in [0.3, 0.4) is 0 Å². The Bertz CT molecular complexity index is 2390. The van der Waals surface area contributed by atoms with Gasteiger partial charge in [-0.1, -0.05) is 43.6 Å². The molecule has 3 heterocycles. The van der Waals surface area contributed by atoms with Crippen molar-refractivity contribution in [3.05, 3.63) is 85.0 Å². The Morgan fingerprint density at radius 3 is 1.96 bits per heavy atom. The molecule has 0 amide bonds. The predicted molar refractivity (Wildman–Crippen MR) is 183 cm³/mol. The highest BCUT2D eigenvalue weighted by Gasteiger charge is 2.90. The van der Waals surface area contributed by atoms with Crippen LogP contribution in [0.5, 0.6) is 0 Å². The lowest BCUT2D eigenvalue weighted by molar-refractivity contribution is -0.227. The zero-order chi connectivity index (χ0) is 35.9. The number of nitrogens with zero attached hydrogens (tertiary/aromatic N) is 2. The molecule has 2 aromatic rings. The Balaban J connectivity index is 1.81. The van der Waals surface area contributed by atoms with Gasteiger partial charge in [0.25, 0.3) is 5.56 Å². The van der Waals surface area contributed by atoms with Crippen molar-refractivity contribution in [1.29, 1.82) is 0 Å². The van der Waals surface area contributed by atoms with Crippen molar-refractivity contribution in [2.45, 2.75) is 47.1 Å². The summed E-state index contributed by atoms with van der Waals surface area (Å²) >= 11 is 6.24. The molecule has 2 aromatic carbocycles. The van der Waals surface area contributed by atoms with Gasteiger partial charge in [-0.3, -0.25) is 23.7 Å². The lowest BCUT2D eigenvalue weighted by atomic mass is 9.38. The Labute approximate surface area is 291 Å². The van der Waals surface area contributed by atoms with Crippen molar-refractivity contribution in [3.63, 3.8) is 0 Å². The van der Waals surface area contributed by atoms with E-state index in [9.17, 15) is 14.4 Å². The monoisotopic (exact) mass is 700 g/mol. The minimum Gasteiger partial charge on any atom is -0.466 e. The van der Waals surface area contributed by atoms with E-state index in [1.807, 2.05) is 19.9 Å². The smallest absolute Gasteiger partial charge is 0.334 e. The van der Waals surface area contributed by atoms with E-state index in [0.29, 0.717) is 48.3 Å². The van der Waals surface area contributed by atoms with E-state index in [1.165, 1.54) is 0 Å². The van der Waals surface area contributed by atoms with Crippen molar-refractivity contribution < 1.29 is 38.1 Å². The molecule has 12 heteroatoms. The predicted octanol–water partition coefficient (Wildman–Crippen LogP) is 3.34. The fourth-order valence-electron chi connectivity index (χ4n) is 9.04. The number of hydrogen-bond acceptors (Lipinski definition) is 9. The Morgan fingerprint density at radius 2 is 1.34 bits per heavy atom. The molecule has 0 N–H and O–H groups in total. The minimum absolute atomic E-state index is 0.0536. The molecular weight excluding hydrogens is 664 g/mol. The lowest BCUT2D eigenvalue weighted by Crippen LogP contribution is -2.80. The molecule has 2 aliphatic carbocycles. The number of rotatable bonds is 9. The molecule has 0 bridgehead atoms. The first-order valence-electron chi connectivity index (χ1n) is 16.8. The highest BCUT2D eigenvalue weighted by molar-refractivity contribution is 6.30. The normalized spacial score (nSPS) is 23.9. The van der Waals surface area contributed by atoms with Crippen molar-refractivity contribution in [2.24, 2.45) is 22.7 Å². The van der Waals surface area contributed by atoms with E-state index in [2.05, 4.69) is 0 Å². The number of halogens is 1. The largest absolute Gasteiger partial charge is 0.466 e. The molecule has 4 atom stereocenters. The van der Waals surface area contributed by atoms with Gasteiger partial charge < -0.3 is 23.5 Å². The molecule has 0 radical (unpaired) electrons. The summed E-state index contributed by atoms with van der Waals surface area (Å²) in [5.74, 6) is -6.61. The molecule has 5 aliphatic rings. The lowest BCUT2D eigenvalue weighted by Gasteiger charge is -2.62.